The number of carbonyl (C=O) groups is 3. The van der Waals surface area contributed by atoms with E-state index in [9.17, 15) is 14.4 Å². The molecule has 4 atom stereocenters. The number of esters is 1. The van der Waals surface area contributed by atoms with Crippen LogP contribution < -0.4 is 10.1 Å². The molecule has 0 spiro atoms. The fourth-order valence-electron chi connectivity index (χ4n) is 4.40. The minimum Gasteiger partial charge on any atom is -0.426 e. The number of fused-ring (bicyclic) bond motifs is 1. The molecular weight excluding hydrogens is 492 g/mol. The minimum absolute atomic E-state index is 0.275. The number of hydrogen-bond donors (Lipinski definition) is 2. The lowest BCUT2D eigenvalue weighted by molar-refractivity contribution is -0.153. The van der Waals surface area contributed by atoms with Crippen molar-refractivity contribution >= 4 is 41.1 Å². The molecule has 2 saturated heterocycles. The molecule has 180 valence electrons. The summed E-state index contributed by atoms with van der Waals surface area (Å²) in [6.45, 7) is 3.97. The Labute approximate surface area is 209 Å². The van der Waals surface area contributed by atoms with Crippen LogP contribution in [0.2, 0.25) is 5.02 Å². The van der Waals surface area contributed by atoms with E-state index in [2.05, 4.69) is 25.9 Å². The Kier molecular flexibility index (Phi) is 5.97. The van der Waals surface area contributed by atoms with Gasteiger partial charge in [0.15, 0.2) is 11.7 Å². The zero-order valence-electron chi connectivity index (χ0n) is 18.7. The molecule has 2 aromatic carbocycles. The van der Waals surface area contributed by atoms with Gasteiger partial charge in [-0.25, -0.2) is 0 Å². The number of H-pyrrole nitrogens is 1. The molecule has 2 amide bonds. The molecular formula is C23H21ClN6O4S. The highest BCUT2D eigenvalue weighted by molar-refractivity contribution is 8.01. The summed E-state index contributed by atoms with van der Waals surface area (Å²) >= 11 is 7.53. The van der Waals surface area contributed by atoms with Crippen molar-refractivity contribution in [3.8, 4) is 5.75 Å². The molecule has 2 N–H and O–H groups in total. The summed E-state index contributed by atoms with van der Waals surface area (Å²) in [5, 5.41) is 17.1. The largest absolute Gasteiger partial charge is 0.426 e. The average molecular weight is 513 g/mol. The topological polar surface area (TPSA) is 130 Å². The lowest BCUT2D eigenvalue weighted by atomic mass is 9.94. The van der Waals surface area contributed by atoms with E-state index < -0.39 is 34.6 Å². The highest BCUT2D eigenvalue weighted by Crippen LogP contribution is 2.56. The number of nitrogens with zero attached hydrogens (tertiary/aromatic N) is 4. The Morgan fingerprint density at radius 2 is 1.89 bits per heavy atom. The number of para-hydroxylation sites is 1. The molecule has 1 aromatic heterocycles. The molecule has 35 heavy (non-hydrogen) atoms. The van der Waals surface area contributed by atoms with Gasteiger partial charge in [-0.15, -0.1) is 22.0 Å². The number of tetrazole rings is 1. The second-order valence-corrected chi connectivity index (χ2v) is 10.9. The van der Waals surface area contributed by atoms with Crippen molar-refractivity contribution in [3.63, 3.8) is 0 Å². The van der Waals surface area contributed by atoms with Crippen molar-refractivity contribution in [2.45, 2.75) is 42.0 Å². The van der Waals surface area contributed by atoms with E-state index in [1.807, 2.05) is 13.8 Å². The van der Waals surface area contributed by atoms with Gasteiger partial charge in [-0.1, -0.05) is 47.1 Å². The van der Waals surface area contributed by atoms with Crippen molar-refractivity contribution in [2.75, 3.05) is 0 Å². The number of carbonyl (C=O) groups excluding carboxylic acids is 3. The third-order valence-corrected chi connectivity index (χ3v) is 7.83. The zero-order valence-corrected chi connectivity index (χ0v) is 20.3. The molecule has 0 radical (unpaired) electrons. The van der Waals surface area contributed by atoms with Gasteiger partial charge in [0.2, 0.25) is 11.8 Å². The van der Waals surface area contributed by atoms with Crippen molar-refractivity contribution < 1.29 is 19.1 Å². The predicted octanol–water partition coefficient (Wildman–Crippen LogP) is 2.46. The molecule has 2 aliphatic heterocycles. The Hall–Kier alpha value is -3.44. The standard InChI is InChI=1S/C23H21ClN6O4S/c1-23(2)17(18-26-28-29-27-18)30-20(32)16(21(30)35-23)25-19(31)15(12-8-10-13(24)11-9-12)22(33)34-14-6-4-3-5-7-14/h3-11,15-17,21H,1-2H3,(H,25,31)(H,26,27,28,29)/t15?,16?,17?,21-/m1/s1. The van der Waals surface area contributed by atoms with Crippen molar-refractivity contribution in [1.29, 1.82) is 0 Å². The first kappa shape index (κ1) is 23.3. The van der Waals surface area contributed by atoms with Crippen molar-refractivity contribution in [2.24, 2.45) is 0 Å². The smallest absolute Gasteiger partial charge is 0.328 e. The van der Waals surface area contributed by atoms with Gasteiger partial charge in [-0.3, -0.25) is 14.4 Å². The number of aromatic amines is 1. The van der Waals surface area contributed by atoms with Crippen molar-refractivity contribution in [1.82, 2.24) is 30.8 Å². The van der Waals surface area contributed by atoms with Gasteiger partial charge in [-0.2, -0.15) is 5.21 Å². The molecule has 3 unspecified atom stereocenters. The monoisotopic (exact) mass is 512 g/mol. The van der Waals surface area contributed by atoms with E-state index in [-0.39, 0.29) is 11.3 Å². The molecule has 10 nitrogen and oxygen atoms in total. The third-order valence-electron chi connectivity index (χ3n) is 6.01. The maximum Gasteiger partial charge on any atom is 0.328 e. The maximum absolute atomic E-state index is 13.4. The summed E-state index contributed by atoms with van der Waals surface area (Å²) in [6.07, 6.45) is 0. The van der Waals surface area contributed by atoms with Gasteiger partial charge < -0.3 is 15.0 Å². The molecule has 2 aliphatic rings. The fraction of sp³-hybridized carbons (Fsp3) is 0.304. The Balaban J connectivity index is 1.37. The first-order chi connectivity index (χ1) is 16.8. The van der Waals surface area contributed by atoms with Gasteiger partial charge in [0.25, 0.3) is 0 Å². The second-order valence-electron chi connectivity index (χ2n) is 8.73. The van der Waals surface area contributed by atoms with E-state index in [0.29, 0.717) is 22.2 Å². The number of aromatic nitrogens is 4. The van der Waals surface area contributed by atoms with Gasteiger partial charge in [0, 0.05) is 9.77 Å². The number of thioether (sulfide) groups is 1. The van der Waals surface area contributed by atoms with Crippen LogP contribution in [-0.2, 0) is 14.4 Å². The quantitative estimate of drug-likeness (QED) is 0.223. The normalized spacial score (nSPS) is 23.2. The molecule has 0 aliphatic carbocycles. The van der Waals surface area contributed by atoms with Crippen LogP contribution in [0.1, 0.15) is 37.2 Å². The van der Waals surface area contributed by atoms with Crippen LogP contribution in [0.5, 0.6) is 5.75 Å². The average Bonchev–Trinajstić information content (AvgIpc) is 3.44. The number of nitrogens with one attached hydrogen (secondary N) is 2. The van der Waals surface area contributed by atoms with Gasteiger partial charge >= 0.3 is 5.97 Å². The summed E-state index contributed by atoms with van der Waals surface area (Å²) in [5.74, 6) is -2.24. The van der Waals surface area contributed by atoms with Crippen LogP contribution in [0.25, 0.3) is 0 Å². The molecule has 3 heterocycles. The number of β-lactam (4-membered cyclic amide) rings is 1. The molecule has 0 bridgehead atoms. The first-order valence-electron chi connectivity index (χ1n) is 10.8. The van der Waals surface area contributed by atoms with Gasteiger partial charge in [0.05, 0.1) is 0 Å². The summed E-state index contributed by atoms with van der Waals surface area (Å²) in [7, 11) is 0. The van der Waals surface area contributed by atoms with Crippen LogP contribution in [0.4, 0.5) is 0 Å². The summed E-state index contributed by atoms with van der Waals surface area (Å²) in [5.41, 5.74) is 0.403. The first-order valence-corrected chi connectivity index (χ1v) is 12.1. The third kappa shape index (κ3) is 4.25. The summed E-state index contributed by atoms with van der Waals surface area (Å²) in [6, 6.07) is 13.6. The van der Waals surface area contributed by atoms with E-state index in [4.69, 9.17) is 16.3 Å². The van der Waals surface area contributed by atoms with Crippen molar-refractivity contribution in [3.05, 3.63) is 71.0 Å². The minimum atomic E-state index is -1.29. The SMILES string of the molecule is CC1(C)S[C@@H]2C(NC(=O)C(C(=O)Oc3ccccc3)c3ccc(Cl)cc3)C(=O)N2C1c1nn[nH]n1. The zero-order chi connectivity index (χ0) is 24.7. The Morgan fingerprint density at radius 1 is 1.17 bits per heavy atom. The van der Waals surface area contributed by atoms with Crippen LogP contribution in [-0.4, -0.2) is 59.5 Å². The molecule has 0 saturated carbocycles. The van der Waals surface area contributed by atoms with Crippen LogP contribution in [0, 0.1) is 0 Å². The highest BCUT2D eigenvalue weighted by atomic mass is 35.5. The van der Waals surface area contributed by atoms with E-state index in [1.165, 1.54) is 11.8 Å². The maximum atomic E-state index is 13.4. The summed E-state index contributed by atoms with van der Waals surface area (Å²) in [4.78, 5) is 41.3. The van der Waals surface area contributed by atoms with E-state index in [0.717, 1.165) is 0 Å². The lowest BCUT2D eigenvalue weighted by Crippen LogP contribution is -2.68. The number of ether oxygens (including phenoxy) is 1. The number of rotatable bonds is 6. The Bertz CT molecular complexity index is 1250. The van der Waals surface area contributed by atoms with E-state index in [1.54, 1.807) is 59.5 Å². The highest BCUT2D eigenvalue weighted by Gasteiger charge is 2.63. The molecule has 5 rings (SSSR count). The van der Waals surface area contributed by atoms with Crippen LogP contribution in [0.3, 0.4) is 0 Å². The predicted molar refractivity (Wildman–Crippen MR) is 127 cm³/mol. The second kappa shape index (κ2) is 8.97. The molecule has 2 fully saturated rings. The molecule has 3 aromatic rings. The Morgan fingerprint density at radius 3 is 2.54 bits per heavy atom. The van der Waals surface area contributed by atoms with Gasteiger partial charge in [-0.05, 0) is 43.7 Å². The molecule has 12 heteroatoms. The lowest BCUT2D eigenvalue weighted by Gasteiger charge is -2.44. The van der Waals surface area contributed by atoms with Crippen LogP contribution >= 0.6 is 23.4 Å². The van der Waals surface area contributed by atoms with Gasteiger partial charge in [0.1, 0.15) is 23.2 Å². The van der Waals surface area contributed by atoms with E-state index >= 15 is 0 Å². The summed E-state index contributed by atoms with van der Waals surface area (Å²) < 4.78 is 5.06. The van der Waals surface area contributed by atoms with Crippen LogP contribution in [0.15, 0.2) is 54.6 Å². The number of halogens is 1. The number of hydrogen-bond acceptors (Lipinski definition) is 8. The number of amides is 2. The number of benzene rings is 2. The fourth-order valence-corrected chi connectivity index (χ4v) is 6.16.